The highest BCUT2D eigenvalue weighted by atomic mass is 79.9. The number of hydrogen-bond acceptors (Lipinski definition) is 3. The van der Waals surface area contributed by atoms with Crippen LogP contribution in [0.1, 0.15) is 16.8 Å². The van der Waals surface area contributed by atoms with Crippen LogP contribution in [0.5, 0.6) is 0 Å². The Kier molecular flexibility index (Phi) is 4.08. The third-order valence-corrected chi connectivity index (χ3v) is 3.19. The van der Waals surface area contributed by atoms with Crippen molar-refractivity contribution in [2.45, 2.75) is 13.0 Å². The standard InChI is InChI=1S/C12H12BrFN2O2/c1-18-4-2-3-16-10-6-8(7-17)5-9(14)11(10)12(13)15-16/h5-7H,2-4H2,1H3. The van der Waals surface area contributed by atoms with Gasteiger partial charge in [0.15, 0.2) is 0 Å². The summed E-state index contributed by atoms with van der Waals surface area (Å²) in [6, 6.07) is 2.84. The fourth-order valence-corrected chi connectivity index (χ4v) is 2.41. The largest absolute Gasteiger partial charge is 0.385 e. The summed E-state index contributed by atoms with van der Waals surface area (Å²) in [7, 11) is 1.63. The van der Waals surface area contributed by atoms with E-state index in [2.05, 4.69) is 21.0 Å². The minimum Gasteiger partial charge on any atom is -0.385 e. The van der Waals surface area contributed by atoms with Crippen molar-refractivity contribution < 1.29 is 13.9 Å². The number of aldehydes is 1. The Balaban J connectivity index is 2.47. The van der Waals surface area contributed by atoms with E-state index in [1.54, 1.807) is 17.9 Å². The number of methoxy groups -OCH3 is 1. The van der Waals surface area contributed by atoms with Gasteiger partial charge in [0.2, 0.25) is 0 Å². The lowest BCUT2D eigenvalue weighted by Gasteiger charge is -2.03. The van der Waals surface area contributed by atoms with Gasteiger partial charge in [-0.2, -0.15) is 5.10 Å². The number of carbonyl (C=O) groups excluding carboxylic acids is 1. The Morgan fingerprint density at radius 1 is 1.56 bits per heavy atom. The average Bonchev–Trinajstić information content (AvgIpc) is 2.67. The molecular formula is C12H12BrFN2O2. The van der Waals surface area contributed by atoms with Crippen molar-refractivity contribution in [2.75, 3.05) is 13.7 Å². The molecule has 6 heteroatoms. The zero-order valence-corrected chi connectivity index (χ0v) is 11.4. The van der Waals surface area contributed by atoms with Gasteiger partial charge < -0.3 is 4.74 Å². The van der Waals surface area contributed by atoms with E-state index in [-0.39, 0.29) is 0 Å². The minimum atomic E-state index is -0.445. The number of carbonyl (C=O) groups is 1. The smallest absolute Gasteiger partial charge is 0.150 e. The van der Waals surface area contributed by atoms with Crippen LogP contribution < -0.4 is 0 Å². The van der Waals surface area contributed by atoms with Gasteiger partial charge in [-0.15, -0.1) is 0 Å². The van der Waals surface area contributed by atoms with Crippen LogP contribution in [-0.4, -0.2) is 29.8 Å². The fourth-order valence-electron chi connectivity index (χ4n) is 1.83. The van der Waals surface area contributed by atoms with Crippen LogP contribution in [0.2, 0.25) is 0 Å². The van der Waals surface area contributed by atoms with E-state index in [1.807, 2.05) is 0 Å². The molecule has 18 heavy (non-hydrogen) atoms. The lowest BCUT2D eigenvalue weighted by atomic mass is 10.2. The van der Waals surface area contributed by atoms with E-state index in [4.69, 9.17) is 4.74 Å². The third kappa shape index (κ3) is 2.44. The van der Waals surface area contributed by atoms with Gasteiger partial charge in [0.05, 0.1) is 10.9 Å². The van der Waals surface area contributed by atoms with E-state index < -0.39 is 5.82 Å². The number of fused-ring (bicyclic) bond motifs is 1. The third-order valence-electron chi connectivity index (χ3n) is 2.64. The molecule has 0 spiro atoms. The van der Waals surface area contributed by atoms with Crippen molar-refractivity contribution in [2.24, 2.45) is 0 Å². The molecule has 0 aliphatic rings. The zero-order valence-electron chi connectivity index (χ0n) is 9.82. The Bertz CT molecular complexity index is 583. The van der Waals surface area contributed by atoms with Gasteiger partial charge in [0, 0.05) is 25.8 Å². The van der Waals surface area contributed by atoms with E-state index in [0.717, 1.165) is 6.42 Å². The number of aryl methyl sites for hydroxylation is 1. The second-order valence-corrected chi connectivity index (χ2v) is 4.63. The lowest BCUT2D eigenvalue weighted by molar-refractivity contribution is 0.112. The molecule has 2 rings (SSSR count). The second-order valence-electron chi connectivity index (χ2n) is 3.88. The van der Waals surface area contributed by atoms with Gasteiger partial charge >= 0.3 is 0 Å². The Hall–Kier alpha value is -1.27. The van der Waals surface area contributed by atoms with Gasteiger partial charge in [-0.05, 0) is 34.5 Å². The van der Waals surface area contributed by atoms with E-state index >= 15 is 0 Å². The molecule has 0 aliphatic carbocycles. The second kappa shape index (κ2) is 5.58. The Morgan fingerprint density at radius 3 is 3.00 bits per heavy atom. The maximum absolute atomic E-state index is 13.8. The maximum Gasteiger partial charge on any atom is 0.150 e. The molecule has 1 aromatic heterocycles. The molecule has 2 aromatic rings. The Labute approximate surface area is 112 Å². The summed E-state index contributed by atoms with van der Waals surface area (Å²) in [6.07, 6.45) is 1.40. The highest BCUT2D eigenvalue weighted by molar-refractivity contribution is 9.10. The zero-order chi connectivity index (χ0) is 13.1. The molecule has 0 N–H and O–H groups in total. The van der Waals surface area contributed by atoms with Crippen molar-refractivity contribution in [1.29, 1.82) is 0 Å². The van der Waals surface area contributed by atoms with Gasteiger partial charge in [0.1, 0.15) is 16.7 Å². The van der Waals surface area contributed by atoms with Crippen molar-refractivity contribution in [3.05, 3.63) is 28.1 Å². The molecule has 0 saturated carbocycles. The number of benzene rings is 1. The highest BCUT2D eigenvalue weighted by Gasteiger charge is 2.14. The first-order valence-corrected chi connectivity index (χ1v) is 6.26. The van der Waals surface area contributed by atoms with Crippen molar-refractivity contribution in [3.63, 3.8) is 0 Å². The van der Waals surface area contributed by atoms with E-state index in [0.29, 0.717) is 40.5 Å². The van der Waals surface area contributed by atoms with Gasteiger partial charge in [-0.3, -0.25) is 9.48 Å². The van der Waals surface area contributed by atoms with Crippen LogP contribution >= 0.6 is 15.9 Å². The highest BCUT2D eigenvalue weighted by Crippen LogP contribution is 2.27. The first kappa shape index (κ1) is 13.2. The summed E-state index contributed by atoms with van der Waals surface area (Å²) < 4.78 is 20.9. The SMILES string of the molecule is COCCCn1nc(Br)c2c(F)cc(C=O)cc21. The molecule has 1 heterocycles. The molecule has 0 amide bonds. The van der Waals surface area contributed by atoms with Gasteiger partial charge in [0.25, 0.3) is 0 Å². The monoisotopic (exact) mass is 314 g/mol. The topological polar surface area (TPSA) is 44.1 Å². The number of ether oxygens (including phenoxy) is 1. The van der Waals surface area contributed by atoms with Crippen LogP contribution in [-0.2, 0) is 11.3 Å². The molecule has 4 nitrogen and oxygen atoms in total. The first-order valence-electron chi connectivity index (χ1n) is 5.47. The fraction of sp³-hybridized carbons (Fsp3) is 0.333. The van der Waals surface area contributed by atoms with Crippen LogP contribution in [0.3, 0.4) is 0 Å². The minimum absolute atomic E-state index is 0.306. The van der Waals surface area contributed by atoms with Gasteiger partial charge in [-0.1, -0.05) is 0 Å². The summed E-state index contributed by atoms with van der Waals surface area (Å²) in [5.41, 5.74) is 0.917. The number of nitrogens with zero attached hydrogens (tertiary/aromatic N) is 2. The molecule has 0 unspecified atom stereocenters. The summed E-state index contributed by atoms with van der Waals surface area (Å²) in [6.45, 7) is 1.21. The van der Waals surface area contributed by atoms with Crippen LogP contribution in [0, 0.1) is 5.82 Å². The average molecular weight is 315 g/mol. The Morgan fingerprint density at radius 2 is 2.33 bits per heavy atom. The van der Waals surface area contributed by atoms with E-state index in [9.17, 15) is 9.18 Å². The van der Waals surface area contributed by atoms with E-state index in [1.165, 1.54) is 6.07 Å². The first-order chi connectivity index (χ1) is 8.67. The van der Waals surface area contributed by atoms with Crippen molar-refractivity contribution >= 4 is 33.1 Å². The predicted octanol–water partition coefficient (Wildman–Crippen LogP) is 2.79. The molecule has 0 fully saturated rings. The summed E-state index contributed by atoms with van der Waals surface area (Å²) in [5, 5.41) is 4.62. The molecule has 0 aliphatic heterocycles. The predicted molar refractivity (Wildman–Crippen MR) is 69.3 cm³/mol. The van der Waals surface area contributed by atoms with Crippen LogP contribution in [0.25, 0.3) is 10.9 Å². The molecule has 0 saturated heterocycles. The molecule has 0 radical (unpaired) electrons. The number of hydrogen-bond donors (Lipinski definition) is 0. The van der Waals surface area contributed by atoms with Crippen LogP contribution in [0.4, 0.5) is 4.39 Å². The van der Waals surface area contributed by atoms with Crippen molar-refractivity contribution in [3.8, 4) is 0 Å². The molecular weight excluding hydrogens is 303 g/mol. The number of aromatic nitrogens is 2. The summed E-state index contributed by atoms with van der Waals surface area (Å²) in [4.78, 5) is 10.8. The lowest BCUT2D eigenvalue weighted by Crippen LogP contribution is -2.03. The number of rotatable bonds is 5. The molecule has 0 bridgehead atoms. The molecule has 0 atom stereocenters. The quantitative estimate of drug-likeness (QED) is 0.629. The van der Waals surface area contributed by atoms with Gasteiger partial charge in [-0.25, -0.2) is 4.39 Å². The molecule has 96 valence electrons. The summed E-state index contributed by atoms with van der Waals surface area (Å²) >= 11 is 3.23. The maximum atomic E-state index is 13.8. The van der Waals surface area contributed by atoms with Crippen LogP contribution in [0.15, 0.2) is 16.7 Å². The van der Waals surface area contributed by atoms with Crippen molar-refractivity contribution in [1.82, 2.24) is 9.78 Å². The normalized spacial score (nSPS) is 11.1. The molecule has 1 aromatic carbocycles. The summed E-state index contributed by atoms with van der Waals surface area (Å²) in [5.74, 6) is -0.445. The number of halogens is 2.